The van der Waals surface area contributed by atoms with Crippen LogP contribution in [-0.4, -0.2) is 9.55 Å². The van der Waals surface area contributed by atoms with Crippen LogP contribution in [-0.2, 0) is 0 Å². The number of nitrogens with zero attached hydrogens (tertiary/aromatic N) is 2. The van der Waals surface area contributed by atoms with E-state index in [1.54, 1.807) is 0 Å². The second-order valence-electron chi connectivity index (χ2n) is 9.97. The molecule has 0 amide bonds. The van der Waals surface area contributed by atoms with Crippen LogP contribution in [0.4, 0.5) is 0 Å². The SMILES string of the molecule is c1ccc2c(c1)sc1c(-c3ccc(-n4c5cccnc5c5c6sc7ccccc7c6ccc54)cc3)cccc12. The third-order valence-corrected chi connectivity index (χ3v) is 10.3. The summed E-state index contributed by atoms with van der Waals surface area (Å²) in [6.45, 7) is 0. The molecule has 0 unspecified atom stereocenters. The number of benzene rings is 5. The van der Waals surface area contributed by atoms with Crippen LogP contribution in [0, 0.1) is 0 Å². The van der Waals surface area contributed by atoms with Gasteiger partial charge in [-0.15, -0.1) is 22.7 Å². The Balaban J connectivity index is 1.27. The van der Waals surface area contributed by atoms with Crippen molar-refractivity contribution in [2.75, 3.05) is 0 Å². The molecule has 0 aliphatic carbocycles. The first-order valence-corrected chi connectivity index (χ1v) is 14.7. The fourth-order valence-corrected chi connectivity index (χ4v) is 8.62. The summed E-state index contributed by atoms with van der Waals surface area (Å²) in [7, 11) is 0. The van der Waals surface area contributed by atoms with Crippen molar-refractivity contribution < 1.29 is 0 Å². The van der Waals surface area contributed by atoms with E-state index in [1.807, 2.05) is 34.9 Å². The van der Waals surface area contributed by atoms with Gasteiger partial charge in [0.2, 0.25) is 0 Å². The Morgan fingerprint density at radius 3 is 2.00 bits per heavy atom. The topological polar surface area (TPSA) is 17.8 Å². The van der Waals surface area contributed by atoms with Crippen molar-refractivity contribution in [3.05, 3.63) is 121 Å². The van der Waals surface area contributed by atoms with E-state index in [0.717, 1.165) is 16.7 Å². The molecule has 0 bridgehead atoms. The molecular formula is C35H20N2S2. The van der Waals surface area contributed by atoms with Gasteiger partial charge in [-0.05, 0) is 53.6 Å². The first-order valence-electron chi connectivity index (χ1n) is 13.1. The summed E-state index contributed by atoms with van der Waals surface area (Å²) in [5, 5.41) is 6.53. The molecule has 9 aromatic rings. The first kappa shape index (κ1) is 21.4. The molecule has 0 saturated carbocycles. The molecule has 0 aliphatic heterocycles. The van der Waals surface area contributed by atoms with Gasteiger partial charge in [0.15, 0.2) is 0 Å². The summed E-state index contributed by atoms with van der Waals surface area (Å²) in [6.07, 6.45) is 1.91. The van der Waals surface area contributed by atoms with Gasteiger partial charge in [-0.2, -0.15) is 0 Å². The predicted molar refractivity (Wildman–Crippen MR) is 170 cm³/mol. The first-order chi connectivity index (χ1) is 19.3. The van der Waals surface area contributed by atoms with Crippen LogP contribution in [0.15, 0.2) is 121 Å². The van der Waals surface area contributed by atoms with Crippen molar-refractivity contribution in [3.8, 4) is 16.8 Å². The molecule has 4 heterocycles. The number of hydrogen-bond donors (Lipinski definition) is 0. The van der Waals surface area contributed by atoms with Crippen molar-refractivity contribution in [1.29, 1.82) is 0 Å². The van der Waals surface area contributed by atoms with Crippen molar-refractivity contribution in [3.63, 3.8) is 0 Å². The third-order valence-electron chi connectivity index (χ3n) is 7.87. The molecule has 0 saturated heterocycles. The lowest BCUT2D eigenvalue weighted by atomic mass is 10.0. The monoisotopic (exact) mass is 532 g/mol. The van der Waals surface area contributed by atoms with Gasteiger partial charge < -0.3 is 4.57 Å². The molecule has 0 fully saturated rings. The summed E-state index contributed by atoms with van der Waals surface area (Å²) < 4.78 is 7.67. The molecule has 0 N–H and O–H groups in total. The number of thiophene rings is 2. The van der Waals surface area contributed by atoms with Crippen LogP contribution in [0.25, 0.3) is 79.1 Å². The van der Waals surface area contributed by atoms with E-state index >= 15 is 0 Å². The van der Waals surface area contributed by atoms with E-state index in [0.29, 0.717) is 0 Å². The number of fused-ring (bicyclic) bond motifs is 10. The van der Waals surface area contributed by atoms with Crippen LogP contribution in [0.1, 0.15) is 0 Å². The van der Waals surface area contributed by atoms with Crippen molar-refractivity contribution in [1.82, 2.24) is 9.55 Å². The summed E-state index contributed by atoms with van der Waals surface area (Å²) in [4.78, 5) is 4.88. The summed E-state index contributed by atoms with van der Waals surface area (Å²) in [5.74, 6) is 0. The minimum absolute atomic E-state index is 1.06. The number of rotatable bonds is 2. The number of hydrogen-bond acceptors (Lipinski definition) is 3. The van der Waals surface area contributed by atoms with Gasteiger partial charge in [-0.3, -0.25) is 4.98 Å². The number of pyridine rings is 1. The van der Waals surface area contributed by atoms with Gasteiger partial charge in [0.25, 0.3) is 0 Å². The van der Waals surface area contributed by atoms with E-state index in [9.17, 15) is 0 Å². The Hall–Kier alpha value is -4.51. The fourth-order valence-electron chi connectivity index (χ4n) is 6.14. The summed E-state index contributed by atoms with van der Waals surface area (Å²) >= 11 is 3.74. The van der Waals surface area contributed by atoms with Crippen LogP contribution < -0.4 is 0 Å². The van der Waals surface area contributed by atoms with E-state index in [-0.39, 0.29) is 0 Å². The summed E-state index contributed by atoms with van der Waals surface area (Å²) in [5.41, 5.74) is 7.07. The van der Waals surface area contributed by atoms with E-state index < -0.39 is 0 Å². The van der Waals surface area contributed by atoms with E-state index in [4.69, 9.17) is 4.98 Å². The van der Waals surface area contributed by atoms with Crippen LogP contribution in [0.3, 0.4) is 0 Å². The lowest BCUT2D eigenvalue weighted by Gasteiger charge is -2.10. The maximum absolute atomic E-state index is 4.88. The zero-order chi connectivity index (χ0) is 25.5. The highest BCUT2D eigenvalue weighted by Gasteiger charge is 2.18. The van der Waals surface area contributed by atoms with Crippen LogP contribution in [0.5, 0.6) is 0 Å². The molecule has 9 rings (SSSR count). The molecule has 0 radical (unpaired) electrons. The van der Waals surface area contributed by atoms with E-state index in [1.165, 1.54) is 62.4 Å². The maximum Gasteiger partial charge on any atom is 0.0977 e. The van der Waals surface area contributed by atoms with Gasteiger partial charge in [0.05, 0.1) is 16.6 Å². The molecule has 2 nitrogen and oxygen atoms in total. The minimum atomic E-state index is 1.06. The zero-order valence-corrected chi connectivity index (χ0v) is 22.4. The molecule has 0 atom stereocenters. The van der Waals surface area contributed by atoms with Gasteiger partial charge in [0, 0.05) is 57.6 Å². The molecule has 0 aliphatic rings. The fraction of sp³-hybridized carbons (Fsp3) is 0. The van der Waals surface area contributed by atoms with Gasteiger partial charge in [-0.25, -0.2) is 0 Å². The number of aromatic nitrogens is 2. The molecule has 0 spiro atoms. The highest BCUT2D eigenvalue weighted by molar-refractivity contribution is 7.27. The highest BCUT2D eigenvalue weighted by atomic mass is 32.1. The predicted octanol–water partition coefficient (Wildman–Crippen LogP) is 10.6. The Kier molecular flexibility index (Phi) is 4.39. The molecule has 182 valence electrons. The highest BCUT2D eigenvalue weighted by Crippen LogP contribution is 2.43. The molecular weight excluding hydrogens is 513 g/mol. The second-order valence-corrected chi connectivity index (χ2v) is 12.1. The van der Waals surface area contributed by atoms with Crippen molar-refractivity contribution in [2.45, 2.75) is 0 Å². The average Bonchev–Trinajstić information content (AvgIpc) is 3.66. The lowest BCUT2D eigenvalue weighted by molar-refractivity contribution is 1.18. The van der Waals surface area contributed by atoms with Crippen molar-refractivity contribution >= 4 is 85.0 Å². The minimum Gasteiger partial charge on any atom is -0.308 e. The third kappa shape index (κ3) is 2.98. The largest absolute Gasteiger partial charge is 0.308 e. The van der Waals surface area contributed by atoms with Crippen LogP contribution in [0.2, 0.25) is 0 Å². The lowest BCUT2D eigenvalue weighted by Crippen LogP contribution is -1.93. The standard InChI is InChI=1S/C35H20N2S2/c1-3-12-30-24(7-1)26-10-5-9-23(34(26)38-30)21-14-16-22(17-15-21)37-28-19-18-27-25-8-2-4-13-31(25)39-35(27)32(28)33-29(37)11-6-20-36-33/h1-20H. The quantitative estimate of drug-likeness (QED) is 0.216. The normalized spacial score (nSPS) is 12.1. The Labute approximate surface area is 232 Å². The van der Waals surface area contributed by atoms with Gasteiger partial charge in [-0.1, -0.05) is 72.8 Å². The maximum atomic E-state index is 4.88. The van der Waals surface area contributed by atoms with Crippen LogP contribution >= 0.6 is 22.7 Å². The Morgan fingerprint density at radius 2 is 1.21 bits per heavy atom. The average molecular weight is 533 g/mol. The summed E-state index contributed by atoms with van der Waals surface area (Å²) in [6, 6.07) is 41.9. The smallest absolute Gasteiger partial charge is 0.0977 e. The van der Waals surface area contributed by atoms with E-state index in [2.05, 4.69) is 114 Å². The second kappa shape index (κ2) is 8.00. The van der Waals surface area contributed by atoms with Gasteiger partial charge >= 0.3 is 0 Å². The van der Waals surface area contributed by atoms with Crippen molar-refractivity contribution in [2.24, 2.45) is 0 Å². The zero-order valence-electron chi connectivity index (χ0n) is 20.8. The Bertz CT molecular complexity index is 2390. The molecule has 39 heavy (non-hydrogen) atoms. The molecule has 5 aromatic carbocycles. The Morgan fingerprint density at radius 1 is 0.513 bits per heavy atom. The van der Waals surface area contributed by atoms with Gasteiger partial charge in [0.1, 0.15) is 0 Å². The molecule has 4 heteroatoms. The molecule has 4 aromatic heterocycles.